The molecule has 2 aromatic rings. The maximum absolute atomic E-state index is 12.3. The van der Waals surface area contributed by atoms with Crippen molar-refractivity contribution in [1.82, 2.24) is 5.32 Å². The molecule has 0 atom stereocenters. The Hall–Kier alpha value is -1.80. The van der Waals surface area contributed by atoms with Crippen LogP contribution in [-0.2, 0) is 9.59 Å². The molecule has 1 saturated heterocycles. The lowest BCUT2D eigenvalue weighted by molar-refractivity contribution is -0.139. The van der Waals surface area contributed by atoms with Gasteiger partial charge < -0.3 is 19.9 Å². The Morgan fingerprint density at radius 1 is 1.28 bits per heavy atom. The third-order valence-electron chi connectivity index (χ3n) is 3.61. The highest BCUT2D eigenvalue weighted by molar-refractivity contribution is 14.1. The largest absolute Gasteiger partial charge is 0.493 e. The number of nitrogens with zero attached hydrogens (tertiary/aromatic N) is 1. The zero-order valence-corrected chi connectivity index (χ0v) is 20.1. The summed E-state index contributed by atoms with van der Waals surface area (Å²) in [5.41, 5.74) is 1.51. The van der Waals surface area contributed by atoms with Crippen LogP contribution in [0.1, 0.15) is 5.56 Å². The second-order valence-electron chi connectivity index (χ2n) is 5.65. The quantitative estimate of drug-likeness (QED) is 0.364. The fourth-order valence-electron chi connectivity index (χ4n) is 2.38. The van der Waals surface area contributed by atoms with Crippen LogP contribution < -0.4 is 14.8 Å². The second kappa shape index (κ2) is 9.80. The topological polar surface area (TPSA) is 97.2 Å². The SMILES string of the molecule is COc1cc(/C=C2/SC(=Nc3ccccc3I)NC2=O)cc(I)c1OCC(=O)O. The summed E-state index contributed by atoms with van der Waals surface area (Å²) in [4.78, 5) is 28.1. The minimum atomic E-state index is -1.08. The van der Waals surface area contributed by atoms with Gasteiger partial charge in [-0.3, -0.25) is 4.79 Å². The second-order valence-corrected chi connectivity index (χ2v) is 9.00. The zero-order chi connectivity index (χ0) is 21.0. The molecular weight excluding hydrogens is 622 g/mol. The van der Waals surface area contributed by atoms with Gasteiger partial charge in [-0.15, -0.1) is 0 Å². The van der Waals surface area contributed by atoms with E-state index < -0.39 is 12.6 Å². The average Bonchev–Trinajstić information content (AvgIpc) is 3.01. The zero-order valence-electron chi connectivity index (χ0n) is 14.9. The number of thioether (sulfide) groups is 1. The van der Waals surface area contributed by atoms with Crippen LogP contribution in [-0.4, -0.2) is 35.9 Å². The summed E-state index contributed by atoms with van der Waals surface area (Å²) in [5.74, 6) is -0.573. The van der Waals surface area contributed by atoms with Gasteiger partial charge in [0.05, 0.1) is 21.3 Å². The van der Waals surface area contributed by atoms with Crippen molar-refractivity contribution in [2.45, 2.75) is 0 Å². The Labute approximate surface area is 198 Å². The van der Waals surface area contributed by atoms with Crippen molar-refractivity contribution in [3.8, 4) is 11.5 Å². The van der Waals surface area contributed by atoms with E-state index in [0.29, 0.717) is 25.1 Å². The molecule has 10 heteroatoms. The van der Waals surface area contributed by atoms with Crippen molar-refractivity contribution in [2.75, 3.05) is 13.7 Å². The highest BCUT2D eigenvalue weighted by Crippen LogP contribution is 2.36. The monoisotopic (exact) mass is 636 g/mol. The van der Waals surface area contributed by atoms with Crippen molar-refractivity contribution in [2.24, 2.45) is 4.99 Å². The van der Waals surface area contributed by atoms with E-state index in [1.165, 1.54) is 18.9 Å². The summed E-state index contributed by atoms with van der Waals surface area (Å²) in [6, 6.07) is 11.1. The van der Waals surface area contributed by atoms with Crippen LogP contribution in [0.25, 0.3) is 6.08 Å². The number of benzene rings is 2. The van der Waals surface area contributed by atoms with Gasteiger partial charge in [0.15, 0.2) is 23.3 Å². The summed E-state index contributed by atoms with van der Waals surface area (Å²) in [6.45, 7) is -0.469. The van der Waals surface area contributed by atoms with Gasteiger partial charge in [-0.25, -0.2) is 9.79 Å². The molecule has 1 aliphatic heterocycles. The molecule has 0 saturated carbocycles. The summed E-state index contributed by atoms with van der Waals surface area (Å²) >= 11 is 5.48. The first kappa shape index (κ1) is 21.9. The molecule has 3 rings (SSSR count). The Morgan fingerprint density at radius 2 is 2.03 bits per heavy atom. The Morgan fingerprint density at radius 3 is 2.72 bits per heavy atom. The molecular formula is C19H14I2N2O5S. The standard InChI is InChI=1S/C19H14I2N2O5S/c1-27-14-7-10(6-12(21)17(14)28-9-16(24)25)8-15-18(26)23-19(29-15)22-13-5-3-2-4-11(13)20/h2-8H,9H2,1H3,(H,24,25)(H,22,23,26)/b15-8+. The first-order chi connectivity index (χ1) is 13.9. The van der Waals surface area contributed by atoms with Gasteiger partial charge in [0.1, 0.15) is 0 Å². The van der Waals surface area contributed by atoms with Crippen LogP contribution in [0.5, 0.6) is 11.5 Å². The summed E-state index contributed by atoms with van der Waals surface area (Å²) in [6.07, 6.45) is 1.73. The smallest absolute Gasteiger partial charge is 0.341 e. The summed E-state index contributed by atoms with van der Waals surface area (Å²) in [7, 11) is 1.47. The molecule has 0 bridgehead atoms. The Bertz CT molecular complexity index is 1040. The summed E-state index contributed by atoms with van der Waals surface area (Å²) < 4.78 is 12.3. The number of carbonyl (C=O) groups excluding carboxylic acids is 1. The predicted molar refractivity (Wildman–Crippen MR) is 129 cm³/mol. The lowest BCUT2D eigenvalue weighted by Gasteiger charge is -2.12. The maximum atomic E-state index is 12.3. The number of amides is 1. The molecule has 150 valence electrons. The molecule has 1 heterocycles. The van der Waals surface area contributed by atoms with Crippen molar-refractivity contribution < 1.29 is 24.2 Å². The van der Waals surface area contributed by atoms with Gasteiger partial charge in [-0.1, -0.05) is 12.1 Å². The van der Waals surface area contributed by atoms with Crippen LogP contribution >= 0.6 is 56.9 Å². The number of nitrogens with one attached hydrogen (secondary N) is 1. The van der Waals surface area contributed by atoms with E-state index in [-0.39, 0.29) is 5.91 Å². The molecule has 2 N–H and O–H groups in total. The average molecular weight is 636 g/mol. The number of aliphatic carboxylic acids is 1. The molecule has 2 aromatic carbocycles. The van der Waals surface area contributed by atoms with Gasteiger partial charge >= 0.3 is 5.97 Å². The van der Waals surface area contributed by atoms with Crippen molar-refractivity contribution >= 4 is 85.8 Å². The highest BCUT2D eigenvalue weighted by Gasteiger charge is 2.24. The molecule has 0 spiro atoms. The minimum absolute atomic E-state index is 0.236. The third-order valence-corrected chi connectivity index (χ3v) is 6.24. The minimum Gasteiger partial charge on any atom is -0.493 e. The van der Waals surface area contributed by atoms with Crippen LogP contribution in [0, 0.1) is 7.14 Å². The van der Waals surface area contributed by atoms with E-state index in [9.17, 15) is 9.59 Å². The number of para-hydroxylation sites is 1. The van der Waals surface area contributed by atoms with Gasteiger partial charge in [-0.2, -0.15) is 0 Å². The highest BCUT2D eigenvalue weighted by atomic mass is 127. The van der Waals surface area contributed by atoms with E-state index in [1.54, 1.807) is 18.2 Å². The molecule has 0 radical (unpaired) electrons. The molecule has 1 aliphatic rings. The number of rotatable bonds is 6. The number of carboxylic acids is 1. The number of hydrogen-bond donors (Lipinski definition) is 2. The number of carboxylic acid groups (broad SMARTS) is 1. The molecule has 1 amide bonds. The van der Waals surface area contributed by atoms with Crippen molar-refractivity contribution in [3.05, 3.63) is 54.0 Å². The van der Waals surface area contributed by atoms with Crippen LogP contribution in [0.15, 0.2) is 46.3 Å². The first-order valence-electron chi connectivity index (χ1n) is 8.13. The van der Waals surface area contributed by atoms with Gasteiger partial charge in [0.25, 0.3) is 5.91 Å². The first-order valence-corrected chi connectivity index (χ1v) is 11.1. The third kappa shape index (κ3) is 5.63. The maximum Gasteiger partial charge on any atom is 0.341 e. The molecule has 0 aromatic heterocycles. The number of halogens is 2. The molecule has 29 heavy (non-hydrogen) atoms. The lowest BCUT2D eigenvalue weighted by Crippen LogP contribution is -2.19. The van der Waals surface area contributed by atoms with Gasteiger partial charge in [-0.05, 0) is 92.8 Å². The molecule has 0 aliphatic carbocycles. The number of ether oxygens (including phenoxy) is 2. The molecule has 0 unspecified atom stereocenters. The number of hydrogen-bond acceptors (Lipinski definition) is 6. The molecule has 7 nitrogen and oxygen atoms in total. The number of amidine groups is 1. The van der Waals surface area contributed by atoms with Gasteiger partial charge in [0, 0.05) is 3.57 Å². The fraction of sp³-hybridized carbons (Fsp3) is 0.105. The Kier molecular flexibility index (Phi) is 7.40. The van der Waals surface area contributed by atoms with E-state index in [4.69, 9.17) is 14.6 Å². The van der Waals surface area contributed by atoms with Crippen molar-refractivity contribution in [1.29, 1.82) is 0 Å². The van der Waals surface area contributed by atoms with Crippen LogP contribution in [0.2, 0.25) is 0 Å². The number of aliphatic imine (C=N–C) groups is 1. The van der Waals surface area contributed by atoms with E-state index >= 15 is 0 Å². The van der Waals surface area contributed by atoms with Crippen LogP contribution in [0.4, 0.5) is 5.69 Å². The van der Waals surface area contributed by atoms with Crippen LogP contribution in [0.3, 0.4) is 0 Å². The fourth-order valence-corrected chi connectivity index (χ4v) is 4.50. The number of carbonyl (C=O) groups is 2. The lowest BCUT2D eigenvalue weighted by atomic mass is 10.2. The number of methoxy groups -OCH3 is 1. The van der Waals surface area contributed by atoms with Gasteiger partial charge in [0.2, 0.25) is 0 Å². The summed E-state index contributed by atoms with van der Waals surface area (Å²) in [5, 5.41) is 12.1. The van der Waals surface area contributed by atoms with E-state index in [0.717, 1.165) is 14.8 Å². The normalized spacial score (nSPS) is 16.2. The predicted octanol–water partition coefficient (Wildman–Crippen LogP) is 4.26. The van der Waals surface area contributed by atoms with E-state index in [1.807, 2.05) is 46.9 Å². The van der Waals surface area contributed by atoms with E-state index in [2.05, 4.69) is 32.9 Å². The van der Waals surface area contributed by atoms with Crippen molar-refractivity contribution in [3.63, 3.8) is 0 Å². The Balaban J connectivity index is 1.86. The molecule has 1 fully saturated rings.